The van der Waals surface area contributed by atoms with E-state index in [1.165, 1.54) is 16.7 Å². The van der Waals surface area contributed by atoms with Gasteiger partial charge < -0.3 is 15.7 Å². The van der Waals surface area contributed by atoms with Gasteiger partial charge in [0.25, 0.3) is 0 Å². The van der Waals surface area contributed by atoms with Crippen LogP contribution < -0.4 is 10.6 Å². The number of hydrogen-bond acceptors (Lipinski definition) is 2. The first kappa shape index (κ1) is 15.5. The summed E-state index contributed by atoms with van der Waals surface area (Å²) in [5.41, 5.74) is 3.82. The van der Waals surface area contributed by atoms with Gasteiger partial charge >= 0.3 is 6.03 Å². The normalized spacial score (nSPS) is 12.0. The smallest absolute Gasteiger partial charge is 0.315 e. The molecule has 0 aliphatic heterocycles. The molecule has 0 heterocycles. The molecule has 1 atom stereocenters. The molecule has 1 aromatic rings. The quantitative estimate of drug-likeness (QED) is 0.735. The second-order valence-corrected chi connectivity index (χ2v) is 4.93. The van der Waals surface area contributed by atoms with Gasteiger partial charge in [-0.2, -0.15) is 0 Å². The standard InChI is InChI=1S/C15H24N2O2/c1-11-5-4-6-12(2)14(11)7-9-16-15(19)17-13(3)8-10-18/h4-6,13,18H,7-10H2,1-3H3,(H2,16,17,19)/t13-/m1/s1. The molecule has 4 nitrogen and oxygen atoms in total. The summed E-state index contributed by atoms with van der Waals surface area (Å²) in [5.74, 6) is 0. The predicted molar refractivity (Wildman–Crippen MR) is 77.3 cm³/mol. The van der Waals surface area contributed by atoms with Crippen molar-refractivity contribution in [3.8, 4) is 0 Å². The van der Waals surface area contributed by atoms with Gasteiger partial charge in [0.05, 0.1) is 0 Å². The molecule has 0 bridgehead atoms. The molecule has 0 aliphatic rings. The third kappa shape index (κ3) is 5.30. The van der Waals surface area contributed by atoms with Crippen molar-refractivity contribution in [2.45, 2.75) is 39.7 Å². The van der Waals surface area contributed by atoms with Crippen LogP contribution in [0.5, 0.6) is 0 Å². The molecule has 19 heavy (non-hydrogen) atoms. The summed E-state index contributed by atoms with van der Waals surface area (Å²) in [5, 5.41) is 14.4. The van der Waals surface area contributed by atoms with Gasteiger partial charge in [0, 0.05) is 19.2 Å². The highest BCUT2D eigenvalue weighted by Crippen LogP contribution is 2.13. The monoisotopic (exact) mass is 264 g/mol. The average molecular weight is 264 g/mol. The minimum atomic E-state index is -0.174. The minimum absolute atomic E-state index is 0.00908. The minimum Gasteiger partial charge on any atom is -0.396 e. The summed E-state index contributed by atoms with van der Waals surface area (Å²) in [4.78, 5) is 11.6. The lowest BCUT2D eigenvalue weighted by atomic mass is 10.0. The Hall–Kier alpha value is -1.55. The van der Waals surface area contributed by atoms with Crippen LogP contribution in [0, 0.1) is 13.8 Å². The summed E-state index contributed by atoms with van der Waals surface area (Å²) in [6.07, 6.45) is 1.41. The molecular weight excluding hydrogens is 240 g/mol. The number of urea groups is 1. The fraction of sp³-hybridized carbons (Fsp3) is 0.533. The van der Waals surface area contributed by atoms with Crippen LogP contribution >= 0.6 is 0 Å². The third-order valence-electron chi connectivity index (χ3n) is 3.24. The van der Waals surface area contributed by atoms with Crippen LogP contribution in [-0.2, 0) is 6.42 Å². The van der Waals surface area contributed by atoms with E-state index in [9.17, 15) is 4.79 Å². The molecule has 106 valence electrons. The fourth-order valence-corrected chi connectivity index (χ4v) is 2.08. The molecule has 0 saturated carbocycles. The highest BCUT2D eigenvalue weighted by atomic mass is 16.3. The molecule has 1 aromatic carbocycles. The Morgan fingerprint density at radius 1 is 1.32 bits per heavy atom. The van der Waals surface area contributed by atoms with E-state index in [1.54, 1.807) is 0 Å². The largest absolute Gasteiger partial charge is 0.396 e. The second kappa shape index (κ2) is 7.79. The number of aliphatic hydroxyl groups excluding tert-OH is 1. The summed E-state index contributed by atoms with van der Waals surface area (Å²) in [7, 11) is 0. The maximum atomic E-state index is 11.6. The van der Waals surface area contributed by atoms with Crippen LogP contribution in [0.2, 0.25) is 0 Å². The Labute approximate surface area is 115 Å². The Morgan fingerprint density at radius 3 is 2.53 bits per heavy atom. The van der Waals surface area contributed by atoms with Crippen molar-refractivity contribution in [3.05, 3.63) is 34.9 Å². The zero-order chi connectivity index (χ0) is 14.3. The number of rotatable bonds is 6. The lowest BCUT2D eigenvalue weighted by molar-refractivity contribution is 0.231. The van der Waals surface area contributed by atoms with E-state index in [2.05, 4.69) is 36.6 Å². The van der Waals surface area contributed by atoms with Crippen molar-refractivity contribution in [3.63, 3.8) is 0 Å². The van der Waals surface area contributed by atoms with E-state index in [0.717, 1.165) is 6.42 Å². The van der Waals surface area contributed by atoms with E-state index in [0.29, 0.717) is 13.0 Å². The van der Waals surface area contributed by atoms with Crippen LogP contribution in [0.25, 0.3) is 0 Å². The fourth-order valence-electron chi connectivity index (χ4n) is 2.08. The molecule has 4 heteroatoms. The van der Waals surface area contributed by atoms with Crippen LogP contribution in [0.4, 0.5) is 4.79 Å². The molecule has 0 radical (unpaired) electrons. The lowest BCUT2D eigenvalue weighted by Gasteiger charge is -2.14. The summed E-state index contributed by atoms with van der Waals surface area (Å²) < 4.78 is 0. The summed E-state index contributed by atoms with van der Waals surface area (Å²) >= 11 is 0. The van der Waals surface area contributed by atoms with E-state index >= 15 is 0 Å². The first-order valence-corrected chi connectivity index (χ1v) is 6.75. The number of hydrogen-bond donors (Lipinski definition) is 3. The number of aliphatic hydroxyl groups is 1. The second-order valence-electron chi connectivity index (χ2n) is 4.93. The number of carbonyl (C=O) groups excluding carboxylic acids is 1. The van der Waals surface area contributed by atoms with Crippen molar-refractivity contribution in [1.82, 2.24) is 10.6 Å². The molecule has 0 aromatic heterocycles. The van der Waals surface area contributed by atoms with Gasteiger partial charge in [0.15, 0.2) is 0 Å². The molecular formula is C15H24N2O2. The van der Waals surface area contributed by atoms with Gasteiger partial charge in [-0.25, -0.2) is 4.79 Å². The number of nitrogens with one attached hydrogen (secondary N) is 2. The van der Waals surface area contributed by atoms with E-state index in [4.69, 9.17) is 5.11 Å². The molecule has 2 amide bonds. The molecule has 0 aliphatic carbocycles. The van der Waals surface area contributed by atoms with Gasteiger partial charge in [-0.15, -0.1) is 0 Å². The van der Waals surface area contributed by atoms with Crippen LogP contribution in [0.1, 0.15) is 30.0 Å². The van der Waals surface area contributed by atoms with Gasteiger partial charge in [0.1, 0.15) is 0 Å². The Balaban J connectivity index is 2.36. The molecule has 1 rings (SSSR count). The average Bonchev–Trinajstić information content (AvgIpc) is 2.33. The highest BCUT2D eigenvalue weighted by molar-refractivity contribution is 5.74. The van der Waals surface area contributed by atoms with Crippen LogP contribution in [0.15, 0.2) is 18.2 Å². The maximum absolute atomic E-state index is 11.6. The Bertz CT molecular complexity index is 398. The van der Waals surface area contributed by atoms with Gasteiger partial charge in [-0.1, -0.05) is 18.2 Å². The van der Waals surface area contributed by atoms with Crippen LogP contribution in [0.3, 0.4) is 0 Å². The number of benzene rings is 1. The number of amides is 2. The van der Waals surface area contributed by atoms with Gasteiger partial charge in [-0.05, 0) is 50.3 Å². The van der Waals surface area contributed by atoms with Crippen molar-refractivity contribution in [1.29, 1.82) is 0 Å². The zero-order valence-corrected chi connectivity index (χ0v) is 12.0. The molecule has 3 N–H and O–H groups in total. The molecule has 0 saturated heterocycles. The molecule has 0 fully saturated rings. The topological polar surface area (TPSA) is 61.4 Å². The Kier molecular flexibility index (Phi) is 6.36. The maximum Gasteiger partial charge on any atom is 0.315 e. The van der Waals surface area contributed by atoms with E-state index in [1.807, 2.05) is 13.0 Å². The summed E-state index contributed by atoms with van der Waals surface area (Å²) in [6.45, 7) is 6.76. The van der Waals surface area contributed by atoms with E-state index < -0.39 is 0 Å². The molecule has 0 unspecified atom stereocenters. The number of aryl methyl sites for hydroxylation is 2. The highest BCUT2D eigenvalue weighted by Gasteiger charge is 2.07. The SMILES string of the molecule is Cc1cccc(C)c1CCNC(=O)N[C@H](C)CCO. The van der Waals surface area contributed by atoms with Crippen molar-refractivity contribution < 1.29 is 9.90 Å². The third-order valence-corrected chi connectivity index (χ3v) is 3.24. The molecule has 0 spiro atoms. The first-order chi connectivity index (χ1) is 9.04. The Morgan fingerprint density at radius 2 is 1.95 bits per heavy atom. The van der Waals surface area contributed by atoms with Crippen molar-refractivity contribution in [2.24, 2.45) is 0 Å². The lowest BCUT2D eigenvalue weighted by Crippen LogP contribution is -2.41. The zero-order valence-electron chi connectivity index (χ0n) is 12.0. The first-order valence-electron chi connectivity index (χ1n) is 6.75. The van der Waals surface area contributed by atoms with Gasteiger partial charge in [-0.3, -0.25) is 0 Å². The van der Waals surface area contributed by atoms with Crippen molar-refractivity contribution >= 4 is 6.03 Å². The number of carbonyl (C=O) groups is 1. The predicted octanol–water partition coefficient (Wildman–Crippen LogP) is 1.92. The van der Waals surface area contributed by atoms with Gasteiger partial charge in [0.2, 0.25) is 0 Å². The summed E-state index contributed by atoms with van der Waals surface area (Å²) in [6, 6.07) is 6.04. The van der Waals surface area contributed by atoms with Crippen LogP contribution in [-0.4, -0.2) is 30.3 Å². The van der Waals surface area contributed by atoms with Crippen molar-refractivity contribution in [2.75, 3.05) is 13.2 Å². The van der Waals surface area contributed by atoms with E-state index in [-0.39, 0.29) is 18.7 Å².